The molecule has 0 saturated heterocycles. The molecule has 1 atom stereocenters. The largest absolute Gasteiger partial charge is 0.0746 e. The Hall–Kier alpha value is -1.09. The average molecular weight is 400 g/mol. The minimum atomic E-state index is 0.126. The Morgan fingerprint density at radius 3 is 2.55 bits per heavy atom. The van der Waals surface area contributed by atoms with Gasteiger partial charge in [-0.15, -0.1) is 0 Å². The van der Waals surface area contributed by atoms with Gasteiger partial charge in [-0.3, -0.25) is 0 Å². The molecule has 0 nitrogen and oxygen atoms in total. The molecule has 2 aliphatic rings. The van der Waals surface area contributed by atoms with Gasteiger partial charge in [0.2, 0.25) is 0 Å². The van der Waals surface area contributed by atoms with Crippen LogP contribution in [0.4, 0.5) is 0 Å². The zero-order valence-corrected chi connectivity index (χ0v) is 15.4. The Labute approximate surface area is 146 Å². The second kappa shape index (κ2) is 5.23. The zero-order chi connectivity index (χ0) is 15.3. The lowest BCUT2D eigenvalue weighted by Crippen LogP contribution is -2.15. The van der Waals surface area contributed by atoms with E-state index in [2.05, 4.69) is 85.0 Å². The van der Waals surface area contributed by atoms with Crippen LogP contribution >= 0.6 is 22.6 Å². The molecule has 0 aliphatic heterocycles. The summed E-state index contributed by atoms with van der Waals surface area (Å²) in [5, 5.41) is 0. The minimum absolute atomic E-state index is 0.126. The fourth-order valence-corrected chi connectivity index (χ4v) is 4.65. The molecule has 0 amide bonds. The van der Waals surface area contributed by atoms with Gasteiger partial charge < -0.3 is 0 Å². The van der Waals surface area contributed by atoms with Crippen molar-refractivity contribution < 1.29 is 0 Å². The monoisotopic (exact) mass is 400 g/mol. The summed E-state index contributed by atoms with van der Waals surface area (Å²) < 4.78 is 1.53. The van der Waals surface area contributed by atoms with Crippen molar-refractivity contribution in [3.05, 3.63) is 68.8 Å². The van der Waals surface area contributed by atoms with Gasteiger partial charge in [0, 0.05) is 5.41 Å². The number of fused-ring (bicyclic) bond motifs is 3. The van der Waals surface area contributed by atoms with E-state index in [4.69, 9.17) is 0 Å². The van der Waals surface area contributed by atoms with Crippen molar-refractivity contribution in [3.8, 4) is 11.1 Å². The van der Waals surface area contributed by atoms with E-state index < -0.39 is 0 Å². The van der Waals surface area contributed by atoms with Gasteiger partial charge >= 0.3 is 0 Å². The average Bonchev–Trinajstić information content (AvgIpc) is 2.77. The van der Waals surface area contributed by atoms with Crippen LogP contribution in [0.2, 0.25) is 0 Å². The van der Waals surface area contributed by atoms with Gasteiger partial charge in [0.15, 0.2) is 0 Å². The predicted octanol–water partition coefficient (Wildman–Crippen LogP) is 6.58. The normalized spacial score (nSPS) is 22.0. The van der Waals surface area contributed by atoms with Crippen LogP contribution < -0.4 is 0 Å². The molecule has 1 heteroatoms. The molecule has 1 unspecified atom stereocenters. The van der Waals surface area contributed by atoms with Crippen molar-refractivity contribution in [1.82, 2.24) is 0 Å². The van der Waals surface area contributed by atoms with Crippen LogP contribution in [-0.2, 0) is 5.41 Å². The van der Waals surface area contributed by atoms with Crippen molar-refractivity contribution in [2.24, 2.45) is 0 Å². The van der Waals surface area contributed by atoms with E-state index in [0.29, 0.717) is 5.92 Å². The highest BCUT2D eigenvalue weighted by Crippen LogP contribution is 2.49. The van der Waals surface area contributed by atoms with E-state index in [1.165, 1.54) is 50.7 Å². The third-order valence-corrected chi connectivity index (χ3v) is 6.41. The molecule has 0 bridgehead atoms. The van der Waals surface area contributed by atoms with Crippen molar-refractivity contribution in [1.29, 1.82) is 0 Å². The molecule has 0 saturated carbocycles. The molecule has 112 valence electrons. The highest BCUT2D eigenvalue weighted by molar-refractivity contribution is 14.1. The highest BCUT2D eigenvalue weighted by Gasteiger charge is 2.35. The molecule has 0 fully saturated rings. The van der Waals surface area contributed by atoms with Gasteiger partial charge in [0.25, 0.3) is 0 Å². The smallest absolute Gasteiger partial charge is 0.0158 e. The molecule has 4 rings (SSSR count). The van der Waals surface area contributed by atoms with Crippen LogP contribution in [0.1, 0.15) is 55.7 Å². The van der Waals surface area contributed by atoms with E-state index in [0.717, 1.165) is 0 Å². The Bertz CT molecular complexity index is 767. The quantitative estimate of drug-likeness (QED) is 0.475. The van der Waals surface area contributed by atoms with Gasteiger partial charge in [0.05, 0.1) is 0 Å². The van der Waals surface area contributed by atoms with Gasteiger partial charge in [-0.2, -0.15) is 0 Å². The summed E-state index contributed by atoms with van der Waals surface area (Å²) in [6, 6.07) is 16.1. The lowest BCUT2D eigenvalue weighted by atomic mass is 9.80. The summed E-state index contributed by atoms with van der Waals surface area (Å²) in [7, 11) is 0. The Morgan fingerprint density at radius 2 is 1.77 bits per heavy atom. The topological polar surface area (TPSA) is 0 Å². The third-order valence-electron chi connectivity index (χ3n) is 5.43. The SMILES string of the molecule is CC1(C)c2ccccc2-c2ccc(C3CC=C(I)CC3)cc21. The van der Waals surface area contributed by atoms with E-state index in [-0.39, 0.29) is 5.41 Å². The van der Waals surface area contributed by atoms with Gasteiger partial charge in [-0.25, -0.2) is 0 Å². The number of halogens is 1. The summed E-state index contributed by atoms with van der Waals surface area (Å²) in [4.78, 5) is 0. The molecular weight excluding hydrogens is 379 g/mol. The molecule has 2 aromatic carbocycles. The van der Waals surface area contributed by atoms with Crippen LogP contribution in [0.3, 0.4) is 0 Å². The van der Waals surface area contributed by atoms with Crippen LogP contribution in [0.25, 0.3) is 11.1 Å². The van der Waals surface area contributed by atoms with Crippen molar-refractivity contribution >= 4 is 22.6 Å². The predicted molar refractivity (Wildman–Crippen MR) is 103 cm³/mol. The molecule has 0 radical (unpaired) electrons. The summed E-state index contributed by atoms with van der Waals surface area (Å²) >= 11 is 2.48. The van der Waals surface area contributed by atoms with E-state index in [9.17, 15) is 0 Å². The first-order valence-electron chi connectivity index (χ1n) is 8.16. The maximum absolute atomic E-state index is 2.49. The van der Waals surface area contributed by atoms with E-state index in [1.807, 2.05) is 0 Å². The maximum atomic E-state index is 2.49. The molecule has 0 aromatic heterocycles. The fraction of sp³-hybridized carbons (Fsp3) is 0.333. The lowest BCUT2D eigenvalue weighted by Gasteiger charge is -2.25. The number of rotatable bonds is 1. The van der Waals surface area contributed by atoms with Crippen molar-refractivity contribution in [3.63, 3.8) is 0 Å². The van der Waals surface area contributed by atoms with Crippen LogP contribution in [0.5, 0.6) is 0 Å². The maximum Gasteiger partial charge on any atom is 0.0158 e. The second-order valence-electron chi connectivity index (χ2n) is 7.10. The zero-order valence-electron chi connectivity index (χ0n) is 13.2. The van der Waals surface area contributed by atoms with E-state index in [1.54, 1.807) is 0 Å². The summed E-state index contributed by atoms with van der Waals surface area (Å²) in [6.45, 7) is 4.73. The molecule has 2 aromatic rings. The molecular formula is C21H21I. The first kappa shape index (κ1) is 14.5. The first-order valence-corrected chi connectivity index (χ1v) is 9.24. The fourth-order valence-electron chi connectivity index (χ4n) is 4.08. The summed E-state index contributed by atoms with van der Waals surface area (Å²) in [5.74, 6) is 0.698. The standard InChI is InChI=1S/C21H21I/c1-21(2)19-6-4-3-5-17(19)18-12-9-15(13-20(18)21)14-7-10-16(22)11-8-14/h3-6,9-10,12-14H,7-8,11H2,1-2H3. The molecule has 0 N–H and O–H groups in total. The Morgan fingerprint density at radius 1 is 1.00 bits per heavy atom. The van der Waals surface area contributed by atoms with Crippen LogP contribution in [0, 0.1) is 0 Å². The highest BCUT2D eigenvalue weighted by atomic mass is 127. The van der Waals surface area contributed by atoms with Gasteiger partial charge in [0.1, 0.15) is 0 Å². The van der Waals surface area contributed by atoms with E-state index >= 15 is 0 Å². The van der Waals surface area contributed by atoms with Gasteiger partial charge in [-0.05, 0) is 79.2 Å². The Kier molecular flexibility index (Phi) is 3.44. The molecule has 2 aliphatic carbocycles. The van der Waals surface area contributed by atoms with Crippen LogP contribution in [-0.4, -0.2) is 0 Å². The third kappa shape index (κ3) is 2.17. The van der Waals surface area contributed by atoms with Crippen molar-refractivity contribution in [2.75, 3.05) is 0 Å². The minimum Gasteiger partial charge on any atom is -0.0746 e. The van der Waals surface area contributed by atoms with Gasteiger partial charge in [-0.1, -0.05) is 62.4 Å². The number of hydrogen-bond acceptors (Lipinski definition) is 0. The lowest BCUT2D eigenvalue weighted by molar-refractivity contribution is 0.609. The molecule has 0 heterocycles. The Balaban J connectivity index is 1.79. The molecule has 0 spiro atoms. The first-order chi connectivity index (χ1) is 10.6. The molecule has 22 heavy (non-hydrogen) atoms. The number of benzene rings is 2. The second-order valence-corrected chi connectivity index (χ2v) is 8.48. The number of hydrogen-bond donors (Lipinski definition) is 0. The van der Waals surface area contributed by atoms with Crippen molar-refractivity contribution in [2.45, 2.75) is 44.4 Å². The summed E-state index contributed by atoms with van der Waals surface area (Å²) in [5.41, 5.74) is 7.49. The number of allylic oxidation sites excluding steroid dienone is 2. The van der Waals surface area contributed by atoms with Crippen LogP contribution in [0.15, 0.2) is 52.1 Å². The summed E-state index contributed by atoms with van der Waals surface area (Å²) in [6.07, 6.45) is 6.15.